The highest BCUT2D eigenvalue weighted by Gasteiger charge is 2.09. The number of unbranched alkanes of at least 4 members (excludes halogenated alkanes) is 6. The van der Waals surface area contributed by atoms with Crippen molar-refractivity contribution in [3.63, 3.8) is 0 Å². The number of methoxy groups -OCH3 is 1. The first-order valence-electron chi connectivity index (χ1n) is 8.92. The van der Waals surface area contributed by atoms with E-state index in [2.05, 4.69) is 19.9 Å². The van der Waals surface area contributed by atoms with E-state index in [0.29, 0.717) is 5.56 Å². The van der Waals surface area contributed by atoms with Gasteiger partial charge in [0.15, 0.2) is 0 Å². The van der Waals surface area contributed by atoms with Gasteiger partial charge in [0.1, 0.15) is 0 Å². The van der Waals surface area contributed by atoms with E-state index >= 15 is 0 Å². The number of hydrogen-bond acceptors (Lipinski definition) is 2. The van der Waals surface area contributed by atoms with E-state index in [-0.39, 0.29) is 5.97 Å². The number of hydrogen-bond donors (Lipinski definition) is 0. The molecule has 22 heavy (non-hydrogen) atoms. The molecule has 0 saturated carbocycles. The lowest BCUT2D eigenvalue weighted by molar-refractivity contribution is 0.0600. The molecule has 124 valence electrons. The van der Waals surface area contributed by atoms with Crippen LogP contribution in [0.3, 0.4) is 0 Å². The van der Waals surface area contributed by atoms with Crippen molar-refractivity contribution in [3.05, 3.63) is 34.9 Å². The molecule has 0 radical (unpaired) electrons. The van der Waals surface area contributed by atoms with Crippen molar-refractivity contribution in [1.29, 1.82) is 0 Å². The first-order chi connectivity index (χ1) is 10.7. The van der Waals surface area contributed by atoms with Crippen LogP contribution in [-0.4, -0.2) is 13.1 Å². The predicted molar refractivity (Wildman–Crippen MR) is 93.5 cm³/mol. The van der Waals surface area contributed by atoms with Crippen molar-refractivity contribution in [1.82, 2.24) is 0 Å². The average molecular weight is 304 g/mol. The summed E-state index contributed by atoms with van der Waals surface area (Å²) in [6.07, 6.45) is 12.2. The van der Waals surface area contributed by atoms with E-state index in [4.69, 9.17) is 4.74 Å². The molecule has 0 unspecified atom stereocenters. The van der Waals surface area contributed by atoms with Crippen LogP contribution in [-0.2, 0) is 17.6 Å². The monoisotopic (exact) mass is 304 g/mol. The zero-order valence-corrected chi connectivity index (χ0v) is 14.6. The summed E-state index contributed by atoms with van der Waals surface area (Å²) in [5.41, 5.74) is 3.27. The lowest BCUT2D eigenvalue weighted by Gasteiger charge is -2.09. The maximum absolute atomic E-state index is 11.8. The molecule has 0 aromatic heterocycles. The van der Waals surface area contributed by atoms with Crippen LogP contribution in [0.25, 0.3) is 0 Å². The van der Waals surface area contributed by atoms with E-state index in [9.17, 15) is 4.79 Å². The number of carbonyl (C=O) groups excluding carboxylic acids is 1. The molecule has 0 N–H and O–H groups in total. The van der Waals surface area contributed by atoms with Crippen molar-refractivity contribution < 1.29 is 9.53 Å². The highest BCUT2D eigenvalue weighted by molar-refractivity contribution is 5.89. The Morgan fingerprint density at radius 1 is 0.818 bits per heavy atom. The Labute approximate surface area is 136 Å². The molecule has 0 aliphatic carbocycles. The summed E-state index contributed by atoms with van der Waals surface area (Å²) in [5.74, 6) is -0.217. The average Bonchev–Trinajstić information content (AvgIpc) is 2.54. The van der Waals surface area contributed by atoms with Gasteiger partial charge in [-0.2, -0.15) is 0 Å². The molecular formula is C20H32O2. The summed E-state index contributed by atoms with van der Waals surface area (Å²) in [7, 11) is 1.46. The van der Waals surface area contributed by atoms with E-state index < -0.39 is 0 Å². The van der Waals surface area contributed by atoms with Gasteiger partial charge in [0, 0.05) is 0 Å². The minimum absolute atomic E-state index is 0.217. The lowest BCUT2D eigenvalue weighted by atomic mass is 9.97. The van der Waals surface area contributed by atoms with Crippen molar-refractivity contribution in [2.24, 2.45) is 0 Å². The second kappa shape index (κ2) is 11.3. The molecule has 0 aliphatic heterocycles. The Morgan fingerprint density at radius 2 is 1.32 bits per heavy atom. The molecule has 0 aliphatic rings. The molecule has 0 bridgehead atoms. The molecule has 0 heterocycles. The van der Waals surface area contributed by atoms with Crippen LogP contribution in [0, 0.1) is 0 Å². The van der Waals surface area contributed by atoms with Crippen molar-refractivity contribution >= 4 is 5.97 Å². The summed E-state index contributed by atoms with van der Waals surface area (Å²) in [6, 6.07) is 6.30. The standard InChI is InChI=1S/C20H32O2/c1-4-6-8-10-12-17-14-18(13-11-9-7-5-2)16-19(15-17)20(21)22-3/h14-16H,4-13H2,1-3H3. The van der Waals surface area contributed by atoms with Gasteiger partial charge in [0.2, 0.25) is 0 Å². The summed E-state index contributed by atoms with van der Waals surface area (Å²) < 4.78 is 4.89. The molecule has 0 fully saturated rings. The van der Waals surface area contributed by atoms with Gasteiger partial charge in [-0.1, -0.05) is 58.4 Å². The fourth-order valence-electron chi connectivity index (χ4n) is 2.80. The molecule has 0 spiro atoms. The van der Waals surface area contributed by atoms with Crippen LogP contribution in [0.2, 0.25) is 0 Å². The van der Waals surface area contributed by atoms with Crippen LogP contribution in [0.15, 0.2) is 18.2 Å². The summed E-state index contributed by atoms with van der Waals surface area (Å²) in [6.45, 7) is 4.46. The third-order valence-electron chi connectivity index (χ3n) is 4.11. The molecule has 0 amide bonds. The number of rotatable bonds is 11. The van der Waals surface area contributed by atoms with Gasteiger partial charge < -0.3 is 4.74 Å². The van der Waals surface area contributed by atoms with E-state index in [0.717, 1.165) is 12.8 Å². The largest absolute Gasteiger partial charge is 0.465 e. The third-order valence-corrected chi connectivity index (χ3v) is 4.11. The number of carbonyl (C=O) groups is 1. The Kier molecular flexibility index (Phi) is 9.61. The molecular weight excluding hydrogens is 272 g/mol. The number of benzene rings is 1. The van der Waals surface area contributed by atoms with Crippen molar-refractivity contribution in [3.8, 4) is 0 Å². The minimum atomic E-state index is -0.217. The van der Waals surface area contributed by atoms with Gasteiger partial charge in [-0.25, -0.2) is 4.79 Å². The van der Waals surface area contributed by atoms with Gasteiger partial charge in [0.25, 0.3) is 0 Å². The molecule has 1 aromatic carbocycles. The van der Waals surface area contributed by atoms with Gasteiger partial charge in [-0.05, 0) is 48.9 Å². The Morgan fingerprint density at radius 3 is 1.73 bits per heavy atom. The maximum Gasteiger partial charge on any atom is 0.337 e. The van der Waals surface area contributed by atoms with Crippen molar-refractivity contribution in [2.75, 3.05) is 7.11 Å². The Balaban J connectivity index is 2.70. The van der Waals surface area contributed by atoms with Gasteiger partial charge in [0.05, 0.1) is 12.7 Å². The van der Waals surface area contributed by atoms with Crippen molar-refractivity contribution in [2.45, 2.75) is 78.1 Å². The number of esters is 1. The minimum Gasteiger partial charge on any atom is -0.465 e. The fourth-order valence-corrected chi connectivity index (χ4v) is 2.80. The first kappa shape index (κ1) is 18.7. The zero-order valence-electron chi connectivity index (χ0n) is 14.6. The molecule has 2 nitrogen and oxygen atoms in total. The molecule has 0 saturated heterocycles. The molecule has 2 heteroatoms. The third kappa shape index (κ3) is 7.11. The Bertz CT molecular complexity index is 407. The van der Waals surface area contributed by atoms with Crippen LogP contribution in [0.5, 0.6) is 0 Å². The SMILES string of the molecule is CCCCCCc1cc(CCCCCC)cc(C(=O)OC)c1. The second-order valence-corrected chi connectivity index (χ2v) is 6.15. The predicted octanol–water partition coefficient (Wildman–Crippen LogP) is 5.72. The highest BCUT2D eigenvalue weighted by Crippen LogP contribution is 2.17. The van der Waals surface area contributed by atoms with Gasteiger partial charge >= 0.3 is 5.97 Å². The molecule has 0 atom stereocenters. The summed E-state index contributed by atoms with van der Waals surface area (Å²) in [5, 5.41) is 0. The van der Waals surface area contributed by atoms with Crippen LogP contribution < -0.4 is 0 Å². The first-order valence-corrected chi connectivity index (χ1v) is 8.92. The van der Waals surface area contributed by atoms with E-state index in [1.807, 2.05) is 12.1 Å². The second-order valence-electron chi connectivity index (χ2n) is 6.15. The maximum atomic E-state index is 11.8. The number of aryl methyl sites for hydroxylation is 2. The van der Waals surface area contributed by atoms with Gasteiger partial charge in [-0.15, -0.1) is 0 Å². The summed E-state index contributed by atoms with van der Waals surface area (Å²) in [4.78, 5) is 11.8. The van der Waals surface area contributed by atoms with Crippen LogP contribution in [0.4, 0.5) is 0 Å². The lowest BCUT2D eigenvalue weighted by Crippen LogP contribution is -2.04. The van der Waals surface area contributed by atoms with Crippen LogP contribution in [0.1, 0.15) is 86.7 Å². The topological polar surface area (TPSA) is 26.3 Å². The number of ether oxygens (including phenoxy) is 1. The van der Waals surface area contributed by atoms with Crippen LogP contribution >= 0.6 is 0 Å². The molecule has 1 aromatic rings. The molecule has 1 rings (SSSR count). The Hall–Kier alpha value is -1.31. The van der Waals surface area contributed by atoms with E-state index in [1.165, 1.54) is 69.6 Å². The smallest absolute Gasteiger partial charge is 0.337 e. The normalized spacial score (nSPS) is 10.7. The quantitative estimate of drug-likeness (QED) is 0.386. The van der Waals surface area contributed by atoms with E-state index in [1.54, 1.807) is 0 Å². The van der Waals surface area contributed by atoms with Gasteiger partial charge in [-0.3, -0.25) is 0 Å². The summed E-state index contributed by atoms with van der Waals surface area (Å²) >= 11 is 0. The highest BCUT2D eigenvalue weighted by atomic mass is 16.5. The zero-order chi connectivity index (χ0) is 16.2. The fraction of sp³-hybridized carbons (Fsp3) is 0.650.